The number of nitrogens with one attached hydrogen (secondary N) is 1. The molecule has 2 heterocycles. The SMILES string of the molecule is CC(C)(C)OC(=O)N1CCC[C@@H](C(C)(C)C(=O)NCCc2ccco2)C1. The van der Waals surface area contributed by atoms with Crippen molar-refractivity contribution in [2.75, 3.05) is 19.6 Å². The quantitative estimate of drug-likeness (QED) is 0.866. The van der Waals surface area contributed by atoms with Crippen LogP contribution in [0.3, 0.4) is 0 Å². The minimum atomic E-state index is -0.552. The van der Waals surface area contributed by atoms with Gasteiger partial charge >= 0.3 is 6.09 Å². The Labute approximate surface area is 156 Å². The first-order valence-electron chi connectivity index (χ1n) is 9.38. The Balaban J connectivity index is 1.89. The molecule has 1 atom stereocenters. The number of hydrogen-bond acceptors (Lipinski definition) is 4. The summed E-state index contributed by atoms with van der Waals surface area (Å²) in [4.78, 5) is 26.8. The van der Waals surface area contributed by atoms with Crippen LogP contribution in [0.2, 0.25) is 0 Å². The molecule has 1 fully saturated rings. The summed E-state index contributed by atoms with van der Waals surface area (Å²) in [6.45, 7) is 11.3. The maximum atomic E-state index is 12.7. The molecule has 0 spiro atoms. The molecular formula is C20H32N2O4. The second-order valence-electron chi connectivity index (χ2n) is 8.57. The van der Waals surface area contributed by atoms with Crippen molar-refractivity contribution in [3.63, 3.8) is 0 Å². The Morgan fingerprint density at radius 1 is 1.31 bits per heavy atom. The van der Waals surface area contributed by atoms with Gasteiger partial charge in [0.1, 0.15) is 11.4 Å². The maximum Gasteiger partial charge on any atom is 0.410 e. The molecule has 1 N–H and O–H groups in total. The normalized spacial score (nSPS) is 18.5. The highest BCUT2D eigenvalue weighted by Crippen LogP contribution is 2.34. The number of hydrogen-bond donors (Lipinski definition) is 1. The summed E-state index contributed by atoms with van der Waals surface area (Å²) >= 11 is 0. The van der Waals surface area contributed by atoms with E-state index in [9.17, 15) is 9.59 Å². The van der Waals surface area contributed by atoms with E-state index in [1.165, 1.54) is 0 Å². The molecule has 1 aliphatic rings. The largest absolute Gasteiger partial charge is 0.469 e. The van der Waals surface area contributed by atoms with E-state index >= 15 is 0 Å². The van der Waals surface area contributed by atoms with Gasteiger partial charge in [0.05, 0.1) is 6.26 Å². The molecule has 0 aromatic carbocycles. The molecule has 1 aromatic rings. The lowest BCUT2D eigenvalue weighted by Gasteiger charge is -2.40. The fraction of sp³-hybridized carbons (Fsp3) is 0.700. The van der Waals surface area contributed by atoms with Gasteiger partial charge in [0.25, 0.3) is 0 Å². The van der Waals surface area contributed by atoms with Crippen molar-refractivity contribution < 1.29 is 18.7 Å². The summed E-state index contributed by atoms with van der Waals surface area (Å²) in [7, 11) is 0. The van der Waals surface area contributed by atoms with Gasteiger partial charge in [-0.05, 0) is 51.7 Å². The van der Waals surface area contributed by atoms with E-state index in [2.05, 4.69) is 5.32 Å². The topological polar surface area (TPSA) is 71.8 Å². The average molecular weight is 364 g/mol. The van der Waals surface area contributed by atoms with Crippen LogP contribution in [0.4, 0.5) is 4.79 Å². The van der Waals surface area contributed by atoms with E-state index in [0.29, 0.717) is 26.1 Å². The van der Waals surface area contributed by atoms with Crippen LogP contribution >= 0.6 is 0 Å². The second kappa shape index (κ2) is 8.14. The number of amides is 2. The van der Waals surface area contributed by atoms with Crippen LogP contribution in [0.5, 0.6) is 0 Å². The van der Waals surface area contributed by atoms with Gasteiger partial charge in [-0.2, -0.15) is 0 Å². The summed E-state index contributed by atoms with van der Waals surface area (Å²) in [6.07, 6.45) is 3.82. The molecule has 0 aliphatic carbocycles. The highest BCUT2D eigenvalue weighted by Gasteiger charge is 2.40. The smallest absolute Gasteiger partial charge is 0.410 e. The van der Waals surface area contributed by atoms with Gasteiger partial charge in [0, 0.05) is 31.5 Å². The van der Waals surface area contributed by atoms with E-state index < -0.39 is 11.0 Å². The first-order chi connectivity index (χ1) is 12.1. The standard InChI is InChI=1S/C20H32N2O4/c1-19(2,3)26-18(24)22-12-6-8-15(14-22)20(4,5)17(23)21-11-10-16-9-7-13-25-16/h7,9,13,15H,6,8,10-12,14H2,1-5H3,(H,21,23)/t15-/m1/s1. The van der Waals surface area contributed by atoms with Crippen LogP contribution in [-0.2, 0) is 16.0 Å². The lowest BCUT2D eigenvalue weighted by Crippen LogP contribution is -2.50. The number of nitrogens with zero attached hydrogens (tertiary/aromatic N) is 1. The molecule has 2 amide bonds. The number of likely N-dealkylation sites (tertiary alicyclic amines) is 1. The van der Waals surface area contributed by atoms with Crippen molar-refractivity contribution in [3.05, 3.63) is 24.2 Å². The number of furan rings is 1. The number of ether oxygens (including phenoxy) is 1. The summed E-state index contributed by atoms with van der Waals surface area (Å²) in [5.74, 6) is 0.976. The number of piperidine rings is 1. The van der Waals surface area contributed by atoms with Crippen molar-refractivity contribution >= 4 is 12.0 Å². The highest BCUT2D eigenvalue weighted by atomic mass is 16.6. The Hall–Kier alpha value is -1.98. The van der Waals surface area contributed by atoms with Gasteiger partial charge in [0.15, 0.2) is 0 Å². The summed E-state index contributed by atoms with van der Waals surface area (Å²) in [5.41, 5.74) is -1.06. The first-order valence-corrected chi connectivity index (χ1v) is 9.38. The monoisotopic (exact) mass is 364 g/mol. The third kappa shape index (κ3) is 5.51. The zero-order valence-electron chi connectivity index (χ0n) is 16.6. The van der Waals surface area contributed by atoms with E-state index in [0.717, 1.165) is 18.6 Å². The third-order valence-corrected chi connectivity index (χ3v) is 4.92. The fourth-order valence-corrected chi connectivity index (χ4v) is 3.23. The number of carbonyl (C=O) groups excluding carboxylic acids is 2. The number of carbonyl (C=O) groups is 2. The van der Waals surface area contributed by atoms with Crippen molar-refractivity contribution in [2.45, 2.75) is 59.5 Å². The predicted molar refractivity (Wildman–Crippen MR) is 99.7 cm³/mol. The number of rotatable bonds is 5. The van der Waals surface area contributed by atoms with E-state index in [4.69, 9.17) is 9.15 Å². The fourth-order valence-electron chi connectivity index (χ4n) is 3.23. The summed E-state index contributed by atoms with van der Waals surface area (Å²) in [5, 5.41) is 3.01. The molecule has 1 aromatic heterocycles. The lowest BCUT2D eigenvalue weighted by molar-refractivity contribution is -0.133. The van der Waals surface area contributed by atoms with Gasteiger partial charge in [0.2, 0.25) is 5.91 Å². The maximum absolute atomic E-state index is 12.7. The van der Waals surface area contributed by atoms with Crippen molar-refractivity contribution in [3.8, 4) is 0 Å². The van der Waals surface area contributed by atoms with Gasteiger partial charge < -0.3 is 19.4 Å². The highest BCUT2D eigenvalue weighted by molar-refractivity contribution is 5.82. The molecule has 2 rings (SSSR count). The van der Waals surface area contributed by atoms with Crippen LogP contribution < -0.4 is 5.32 Å². The molecule has 146 valence electrons. The molecule has 0 unspecified atom stereocenters. The minimum absolute atomic E-state index is 0.0140. The minimum Gasteiger partial charge on any atom is -0.469 e. The van der Waals surface area contributed by atoms with Crippen LogP contribution in [0, 0.1) is 11.3 Å². The molecule has 6 heteroatoms. The lowest BCUT2D eigenvalue weighted by atomic mass is 9.74. The van der Waals surface area contributed by atoms with E-state index in [-0.39, 0.29) is 17.9 Å². The Morgan fingerprint density at radius 3 is 2.65 bits per heavy atom. The van der Waals surface area contributed by atoms with Crippen LogP contribution in [0.1, 0.15) is 53.2 Å². The summed E-state index contributed by atoms with van der Waals surface area (Å²) < 4.78 is 10.8. The Morgan fingerprint density at radius 2 is 2.04 bits per heavy atom. The van der Waals surface area contributed by atoms with Gasteiger partial charge in [-0.25, -0.2) is 4.79 Å². The predicted octanol–water partition coefficient (Wildman–Crippen LogP) is 3.61. The van der Waals surface area contributed by atoms with E-state index in [1.807, 2.05) is 46.8 Å². The second-order valence-corrected chi connectivity index (χ2v) is 8.57. The van der Waals surface area contributed by atoms with Crippen LogP contribution in [0.15, 0.2) is 22.8 Å². The van der Waals surface area contributed by atoms with E-state index in [1.54, 1.807) is 11.2 Å². The van der Waals surface area contributed by atoms with Crippen LogP contribution in [-0.4, -0.2) is 42.1 Å². The summed E-state index contributed by atoms with van der Waals surface area (Å²) in [6, 6.07) is 3.74. The third-order valence-electron chi connectivity index (χ3n) is 4.92. The molecular weight excluding hydrogens is 332 g/mol. The first kappa shape index (κ1) is 20.3. The van der Waals surface area contributed by atoms with Gasteiger partial charge in [-0.15, -0.1) is 0 Å². The molecule has 0 bridgehead atoms. The Kier molecular flexibility index (Phi) is 6.37. The molecule has 6 nitrogen and oxygen atoms in total. The molecule has 1 aliphatic heterocycles. The molecule has 0 radical (unpaired) electrons. The van der Waals surface area contributed by atoms with Crippen molar-refractivity contribution in [1.82, 2.24) is 10.2 Å². The molecule has 1 saturated heterocycles. The molecule has 26 heavy (non-hydrogen) atoms. The zero-order valence-corrected chi connectivity index (χ0v) is 16.6. The Bertz CT molecular complexity index is 602. The van der Waals surface area contributed by atoms with Gasteiger partial charge in [-0.3, -0.25) is 4.79 Å². The average Bonchev–Trinajstić information content (AvgIpc) is 3.06. The zero-order chi connectivity index (χ0) is 19.4. The van der Waals surface area contributed by atoms with Crippen molar-refractivity contribution in [1.29, 1.82) is 0 Å². The van der Waals surface area contributed by atoms with Gasteiger partial charge in [-0.1, -0.05) is 13.8 Å². The van der Waals surface area contributed by atoms with Crippen molar-refractivity contribution in [2.24, 2.45) is 11.3 Å². The van der Waals surface area contributed by atoms with Crippen LogP contribution in [0.25, 0.3) is 0 Å². The molecule has 0 saturated carbocycles.